The van der Waals surface area contributed by atoms with Crippen LogP contribution in [0, 0.1) is 11.3 Å². The van der Waals surface area contributed by atoms with E-state index in [4.69, 9.17) is 14.2 Å². The minimum absolute atomic E-state index is 0.00777. The van der Waals surface area contributed by atoms with Crippen LogP contribution in [0.5, 0.6) is 17.2 Å². The number of carbonyl (C=O) groups is 1. The second kappa shape index (κ2) is 12.7. The van der Waals surface area contributed by atoms with Gasteiger partial charge in [-0.05, 0) is 35.9 Å². The molecule has 1 N–H and O–H groups in total. The van der Waals surface area contributed by atoms with Gasteiger partial charge in [-0.15, -0.1) is 0 Å². The summed E-state index contributed by atoms with van der Waals surface area (Å²) in [6.45, 7) is 2.37. The summed E-state index contributed by atoms with van der Waals surface area (Å²) >= 11 is 0.727. The molecule has 0 saturated heterocycles. The molecule has 12 heteroatoms. The number of hydrogen-bond donors (Lipinski definition) is 1. The van der Waals surface area contributed by atoms with Gasteiger partial charge in [-0.25, -0.2) is 8.42 Å². The Morgan fingerprint density at radius 3 is 2.47 bits per heavy atom. The molecule has 2 aromatic carbocycles. The van der Waals surface area contributed by atoms with Gasteiger partial charge in [-0.2, -0.15) is 14.6 Å². The number of sulfone groups is 1. The number of ether oxygens (including phenoxy) is 3. The quantitative estimate of drug-likeness (QED) is 0.211. The first-order valence-corrected chi connectivity index (χ1v) is 13.3. The van der Waals surface area contributed by atoms with Crippen molar-refractivity contribution in [2.24, 2.45) is 0 Å². The minimum atomic E-state index is -3.58. The summed E-state index contributed by atoms with van der Waals surface area (Å²) in [5, 5.41) is 11.4. The molecular formula is C24H24N4O6S2. The normalized spacial score (nSPS) is 11.4. The largest absolute Gasteiger partial charge is 0.493 e. The van der Waals surface area contributed by atoms with Gasteiger partial charge in [0.15, 0.2) is 11.5 Å². The summed E-state index contributed by atoms with van der Waals surface area (Å²) in [6, 6.07) is 16.1. The number of nitriles is 1. The van der Waals surface area contributed by atoms with Crippen LogP contribution >= 0.6 is 11.5 Å². The third-order valence-electron chi connectivity index (χ3n) is 4.73. The van der Waals surface area contributed by atoms with Crippen LogP contribution in [0.15, 0.2) is 59.3 Å². The molecule has 3 rings (SSSR count). The highest BCUT2D eigenvalue weighted by Crippen LogP contribution is 2.25. The van der Waals surface area contributed by atoms with Gasteiger partial charge in [0.2, 0.25) is 15.0 Å². The first-order chi connectivity index (χ1) is 17.4. The highest BCUT2D eigenvalue weighted by Gasteiger charge is 2.20. The van der Waals surface area contributed by atoms with Crippen LogP contribution in [0.3, 0.4) is 0 Å². The number of benzene rings is 2. The lowest BCUT2D eigenvalue weighted by Gasteiger charge is -2.11. The number of anilines is 1. The molecule has 0 radical (unpaired) electrons. The van der Waals surface area contributed by atoms with E-state index in [0.717, 1.165) is 11.5 Å². The lowest BCUT2D eigenvalue weighted by molar-refractivity contribution is -0.112. The smallest absolute Gasteiger partial charge is 0.268 e. The number of nitrogens with zero attached hydrogens (tertiary/aromatic N) is 3. The molecule has 1 amide bonds. The molecule has 3 aromatic rings. The van der Waals surface area contributed by atoms with E-state index in [1.165, 1.54) is 13.0 Å². The fourth-order valence-corrected chi connectivity index (χ4v) is 4.41. The van der Waals surface area contributed by atoms with Crippen molar-refractivity contribution in [2.75, 3.05) is 31.4 Å². The number of rotatable bonds is 12. The average Bonchev–Trinajstić information content (AvgIpc) is 3.37. The maximum atomic E-state index is 12.4. The van der Waals surface area contributed by atoms with Gasteiger partial charge in [0.1, 0.15) is 17.4 Å². The van der Waals surface area contributed by atoms with Crippen molar-refractivity contribution in [3.8, 4) is 23.3 Å². The first kappa shape index (κ1) is 26.7. The molecule has 10 nitrogen and oxygen atoms in total. The van der Waals surface area contributed by atoms with Crippen molar-refractivity contribution >= 4 is 38.5 Å². The SMILES string of the molecule is CCS(=O)(=O)c1nsc(NC(=O)C(C#N)=Cc2ccc(OCCCOc3ccccc3OC)cc2)n1. The molecule has 0 bridgehead atoms. The lowest BCUT2D eigenvalue weighted by atomic mass is 10.1. The molecule has 0 fully saturated rings. The van der Waals surface area contributed by atoms with E-state index in [1.807, 2.05) is 30.3 Å². The van der Waals surface area contributed by atoms with Crippen molar-refractivity contribution < 1.29 is 27.4 Å². The summed E-state index contributed by atoms with van der Waals surface area (Å²) in [6.07, 6.45) is 2.07. The zero-order chi connectivity index (χ0) is 26.0. The summed E-state index contributed by atoms with van der Waals surface area (Å²) in [5.41, 5.74) is 0.437. The predicted molar refractivity (Wildman–Crippen MR) is 135 cm³/mol. The number of hydrogen-bond acceptors (Lipinski definition) is 10. The van der Waals surface area contributed by atoms with Crippen molar-refractivity contribution in [1.29, 1.82) is 5.26 Å². The molecule has 0 aliphatic rings. The number of carbonyl (C=O) groups excluding carboxylic acids is 1. The van der Waals surface area contributed by atoms with E-state index in [9.17, 15) is 18.5 Å². The number of methoxy groups -OCH3 is 1. The summed E-state index contributed by atoms with van der Waals surface area (Å²) in [4.78, 5) is 16.2. The van der Waals surface area contributed by atoms with Gasteiger partial charge >= 0.3 is 0 Å². The third kappa shape index (κ3) is 7.27. The lowest BCUT2D eigenvalue weighted by Crippen LogP contribution is -2.13. The fourth-order valence-electron chi connectivity index (χ4n) is 2.83. The van der Waals surface area contributed by atoms with E-state index in [1.54, 1.807) is 31.4 Å². The minimum Gasteiger partial charge on any atom is -0.493 e. The van der Waals surface area contributed by atoms with Crippen LogP contribution in [-0.4, -0.2) is 49.8 Å². The van der Waals surface area contributed by atoms with E-state index in [2.05, 4.69) is 14.7 Å². The van der Waals surface area contributed by atoms with Crippen LogP contribution in [0.2, 0.25) is 0 Å². The highest BCUT2D eigenvalue weighted by atomic mass is 32.2. The summed E-state index contributed by atoms with van der Waals surface area (Å²) in [5.74, 6) is 1.10. The molecule has 188 valence electrons. The van der Waals surface area contributed by atoms with Gasteiger partial charge < -0.3 is 14.2 Å². The van der Waals surface area contributed by atoms with Crippen LogP contribution in [0.1, 0.15) is 18.9 Å². The average molecular weight is 529 g/mol. The van der Waals surface area contributed by atoms with Gasteiger partial charge in [-0.3, -0.25) is 10.1 Å². The Kier molecular flexibility index (Phi) is 9.38. The zero-order valence-electron chi connectivity index (χ0n) is 19.6. The second-order valence-electron chi connectivity index (χ2n) is 7.18. The first-order valence-electron chi connectivity index (χ1n) is 10.8. The summed E-state index contributed by atoms with van der Waals surface area (Å²) in [7, 11) is -1.99. The third-order valence-corrected chi connectivity index (χ3v) is 6.97. The van der Waals surface area contributed by atoms with Crippen LogP contribution < -0.4 is 19.5 Å². The molecule has 0 saturated carbocycles. The predicted octanol–water partition coefficient (Wildman–Crippen LogP) is 3.73. The topological polar surface area (TPSA) is 140 Å². The Hall–Kier alpha value is -3.95. The van der Waals surface area contributed by atoms with Crippen molar-refractivity contribution in [3.63, 3.8) is 0 Å². The standard InChI is InChI=1S/C24H24N4O6S2/c1-3-36(30,31)24-27-23(35-28-24)26-22(29)18(16-25)15-17-9-11-19(12-10-17)33-13-6-14-34-21-8-5-4-7-20(21)32-2/h4-5,7-12,15H,3,6,13-14H2,1-2H3,(H,26,27,28,29). The Labute approximate surface area is 213 Å². The molecule has 0 spiro atoms. The Morgan fingerprint density at radius 2 is 1.81 bits per heavy atom. The van der Waals surface area contributed by atoms with Crippen molar-refractivity contribution in [2.45, 2.75) is 18.5 Å². The molecule has 0 unspecified atom stereocenters. The molecule has 1 aromatic heterocycles. The number of aromatic nitrogens is 2. The van der Waals surface area contributed by atoms with Gasteiger partial charge in [-0.1, -0.05) is 31.2 Å². The maximum Gasteiger partial charge on any atom is 0.268 e. The maximum absolute atomic E-state index is 12.4. The van der Waals surface area contributed by atoms with Crippen molar-refractivity contribution in [3.05, 3.63) is 59.7 Å². The molecular weight excluding hydrogens is 504 g/mol. The van der Waals surface area contributed by atoms with E-state index in [-0.39, 0.29) is 21.6 Å². The van der Waals surface area contributed by atoms with Gasteiger partial charge in [0.05, 0.1) is 26.1 Å². The number of amides is 1. The Morgan fingerprint density at radius 1 is 1.11 bits per heavy atom. The number of nitrogens with one attached hydrogen (secondary N) is 1. The van der Waals surface area contributed by atoms with Gasteiger partial charge in [0, 0.05) is 18.0 Å². The van der Waals surface area contributed by atoms with E-state index in [0.29, 0.717) is 42.4 Å². The van der Waals surface area contributed by atoms with Crippen LogP contribution in [0.4, 0.5) is 5.13 Å². The van der Waals surface area contributed by atoms with Gasteiger partial charge in [0.25, 0.3) is 11.1 Å². The zero-order valence-corrected chi connectivity index (χ0v) is 21.3. The molecule has 36 heavy (non-hydrogen) atoms. The Balaban J connectivity index is 1.51. The van der Waals surface area contributed by atoms with E-state index < -0.39 is 15.7 Å². The number of para-hydroxylation sites is 2. The van der Waals surface area contributed by atoms with Crippen LogP contribution in [-0.2, 0) is 14.6 Å². The van der Waals surface area contributed by atoms with E-state index >= 15 is 0 Å². The molecule has 0 atom stereocenters. The second-order valence-corrected chi connectivity index (χ2v) is 10.1. The molecule has 0 aliphatic heterocycles. The summed E-state index contributed by atoms with van der Waals surface area (Å²) < 4.78 is 44.1. The molecule has 0 aliphatic carbocycles. The van der Waals surface area contributed by atoms with Crippen LogP contribution in [0.25, 0.3) is 6.08 Å². The van der Waals surface area contributed by atoms with Crippen molar-refractivity contribution in [1.82, 2.24) is 9.36 Å². The Bertz CT molecular complexity index is 1360. The fraction of sp³-hybridized carbons (Fsp3) is 0.250. The molecule has 1 heterocycles. The monoisotopic (exact) mass is 528 g/mol. The highest BCUT2D eigenvalue weighted by molar-refractivity contribution is 7.91.